The molecule has 1 fully saturated rings. The molecule has 3 aromatic rings. The summed E-state index contributed by atoms with van der Waals surface area (Å²) in [6.45, 7) is 12.2. The van der Waals surface area contributed by atoms with Crippen LogP contribution in [-0.2, 0) is 17.7 Å². The van der Waals surface area contributed by atoms with E-state index >= 15 is 0 Å². The van der Waals surface area contributed by atoms with Crippen molar-refractivity contribution < 1.29 is 14.3 Å². The molecule has 1 aliphatic heterocycles. The number of nitrogens with one attached hydrogen (secondary N) is 1. The predicted molar refractivity (Wildman–Crippen MR) is 147 cm³/mol. The van der Waals surface area contributed by atoms with Gasteiger partial charge >= 0.3 is 5.97 Å². The Morgan fingerprint density at radius 3 is 2.47 bits per heavy atom. The Morgan fingerprint density at radius 1 is 1.06 bits per heavy atom. The highest BCUT2D eigenvalue weighted by molar-refractivity contribution is 6.32. The lowest BCUT2D eigenvalue weighted by Crippen LogP contribution is -2.44. The van der Waals surface area contributed by atoms with E-state index in [9.17, 15) is 4.79 Å². The van der Waals surface area contributed by atoms with E-state index in [0.717, 1.165) is 77.5 Å². The number of piperazine rings is 1. The number of carbonyl (C=O) groups is 1. The highest BCUT2D eigenvalue weighted by Gasteiger charge is 2.24. The van der Waals surface area contributed by atoms with Crippen molar-refractivity contribution in [3.63, 3.8) is 0 Å². The average molecular weight is 533 g/mol. The predicted octanol–water partition coefficient (Wildman–Crippen LogP) is 5.66. The van der Waals surface area contributed by atoms with Crippen molar-refractivity contribution in [2.75, 3.05) is 45.9 Å². The quantitative estimate of drug-likeness (QED) is 0.270. The van der Waals surface area contributed by atoms with Gasteiger partial charge in [-0.1, -0.05) is 29.3 Å². The van der Waals surface area contributed by atoms with Crippen LogP contribution in [0.15, 0.2) is 30.3 Å². The molecule has 0 atom stereocenters. The zero-order valence-electron chi connectivity index (χ0n) is 21.3. The van der Waals surface area contributed by atoms with Gasteiger partial charge in [-0.3, -0.25) is 4.90 Å². The monoisotopic (exact) mass is 531 g/mol. The molecule has 0 saturated carbocycles. The second kappa shape index (κ2) is 12.3. The van der Waals surface area contributed by atoms with Gasteiger partial charge in [-0.2, -0.15) is 0 Å². The van der Waals surface area contributed by atoms with Crippen molar-refractivity contribution in [3.05, 3.63) is 62.8 Å². The van der Waals surface area contributed by atoms with Crippen molar-refractivity contribution in [2.24, 2.45) is 0 Å². The number of benzene rings is 2. The van der Waals surface area contributed by atoms with Crippen molar-refractivity contribution >= 4 is 40.1 Å². The van der Waals surface area contributed by atoms with Gasteiger partial charge in [-0.15, -0.1) is 0 Å². The van der Waals surface area contributed by atoms with Gasteiger partial charge in [-0.05, 0) is 74.6 Å². The van der Waals surface area contributed by atoms with Gasteiger partial charge in [0, 0.05) is 54.7 Å². The first-order valence-electron chi connectivity index (χ1n) is 12.7. The number of esters is 1. The summed E-state index contributed by atoms with van der Waals surface area (Å²) in [7, 11) is 0. The first kappa shape index (κ1) is 26.8. The van der Waals surface area contributed by atoms with Gasteiger partial charge in [0.25, 0.3) is 0 Å². The standard InChI is InChI=1S/C28H35Cl2N3O3/c1-4-35-28(34)27-24(6-5-15-36-22-16-19(2)26(30)20(3)17-22)23-8-7-21(29)18-25(23)33(27)14-13-32-11-9-31-10-12-32/h7-8,16-18,31H,4-6,9-15H2,1-3H3. The van der Waals surface area contributed by atoms with Crippen LogP contribution < -0.4 is 10.1 Å². The van der Waals surface area contributed by atoms with Gasteiger partial charge in [0.15, 0.2) is 0 Å². The third-order valence-electron chi connectivity index (χ3n) is 6.70. The van der Waals surface area contributed by atoms with Crippen LogP contribution in [0.4, 0.5) is 0 Å². The van der Waals surface area contributed by atoms with Gasteiger partial charge < -0.3 is 19.4 Å². The summed E-state index contributed by atoms with van der Waals surface area (Å²) >= 11 is 12.7. The molecule has 0 unspecified atom stereocenters. The normalized spacial score (nSPS) is 14.4. The Hall–Kier alpha value is -2.25. The number of hydrogen-bond donors (Lipinski definition) is 1. The number of aromatic nitrogens is 1. The average Bonchev–Trinajstić information content (AvgIpc) is 3.17. The molecule has 2 heterocycles. The fourth-order valence-electron chi connectivity index (χ4n) is 4.92. The number of aryl methyl sites for hydroxylation is 3. The van der Waals surface area contributed by atoms with Crippen LogP contribution in [0.3, 0.4) is 0 Å². The van der Waals surface area contributed by atoms with Crippen LogP contribution in [0.25, 0.3) is 10.9 Å². The lowest BCUT2D eigenvalue weighted by Gasteiger charge is -2.27. The van der Waals surface area contributed by atoms with E-state index in [0.29, 0.717) is 36.9 Å². The molecule has 0 spiro atoms. The number of nitrogens with zero attached hydrogens (tertiary/aromatic N) is 2. The molecule has 2 aromatic carbocycles. The Kier molecular flexibility index (Phi) is 9.18. The maximum absolute atomic E-state index is 13.2. The SMILES string of the molecule is CCOC(=O)c1c(CCCOc2cc(C)c(Cl)c(C)c2)c2ccc(Cl)cc2n1CCN1CCNCC1. The summed E-state index contributed by atoms with van der Waals surface area (Å²) in [6.07, 6.45) is 1.45. The molecule has 0 radical (unpaired) electrons. The summed E-state index contributed by atoms with van der Waals surface area (Å²) in [5, 5.41) is 5.86. The topological polar surface area (TPSA) is 55.7 Å². The Bertz CT molecular complexity index is 1200. The molecule has 0 aliphatic carbocycles. The van der Waals surface area contributed by atoms with Gasteiger partial charge in [-0.25, -0.2) is 4.79 Å². The van der Waals surface area contributed by atoms with E-state index in [1.165, 1.54) is 0 Å². The van der Waals surface area contributed by atoms with E-state index < -0.39 is 0 Å². The number of halogens is 2. The minimum atomic E-state index is -0.287. The van der Waals surface area contributed by atoms with E-state index in [2.05, 4.69) is 14.8 Å². The highest BCUT2D eigenvalue weighted by Crippen LogP contribution is 2.31. The fourth-order valence-corrected chi connectivity index (χ4v) is 5.19. The number of carbonyl (C=O) groups excluding carboxylic acids is 1. The van der Waals surface area contributed by atoms with Crippen molar-refractivity contribution in [2.45, 2.75) is 40.2 Å². The first-order chi connectivity index (χ1) is 17.4. The molecule has 194 valence electrons. The zero-order chi connectivity index (χ0) is 25.7. The molecule has 4 rings (SSSR count). The third kappa shape index (κ3) is 6.17. The summed E-state index contributed by atoms with van der Waals surface area (Å²) in [4.78, 5) is 15.6. The summed E-state index contributed by atoms with van der Waals surface area (Å²) in [6, 6.07) is 9.78. The Labute approximate surface area is 223 Å². The fraction of sp³-hybridized carbons (Fsp3) is 0.464. The molecule has 8 heteroatoms. The second-order valence-electron chi connectivity index (χ2n) is 9.28. The third-order valence-corrected chi connectivity index (χ3v) is 7.53. The van der Waals surface area contributed by atoms with E-state index in [1.807, 2.05) is 51.1 Å². The molecular weight excluding hydrogens is 497 g/mol. The van der Waals surface area contributed by atoms with Gasteiger partial charge in [0.1, 0.15) is 11.4 Å². The number of rotatable bonds is 10. The smallest absolute Gasteiger partial charge is 0.355 e. The maximum atomic E-state index is 13.2. The van der Waals surface area contributed by atoms with Gasteiger partial charge in [0.2, 0.25) is 0 Å². The molecule has 1 N–H and O–H groups in total. The molecule has 36 heavy (non-hydrogen) atoms. The molecule has 1 aliphatic rings. The maximum Gasteiger partial charge on any atom is 0.355 e. The highest BCUT2D eigenvalue weighted by atomic mass is 35.5. The van der Waals surface area contributed by atoms with Crippen LogP contribution in [0, 0.1) is 13.8 Å². The number of fused-ring (bicyclic) bond motifs is 1. The van der Waals surface area contributed by atoms with Crippen molar-refractivity contribution in [3.8, 4) is 5.75 Å². The van der Waals surface area contributed by atoms with E-state index in [4.69, 9.17) is 32.7 Å². The Morgan fingerprint density at radius 2 is 1.78 bits per heavy atom. The summed E-state index contributed by atoms with van der Waals surface area (Å²) in [5.74, 6) is 0.523. The van der Waals surface area contributed by atoms with E-state index in [1.54, 1.807) is 0 Å². The van der Waals surface area contributed by atoms with Crippen LogP contribution in [0.2, 0.25) is 10.0 Å². The molecule has 1 aromatic heterocycles. The molecule has 0 bridgehead atoms. The molecule has 0 amide bonds. The van der Waals surface area contributed by atoms with Crippen molar-refractivity contribution in [1.29, 1.82) is 0 Å². The minimum absolute atomic E-state index is 0.287. The largest absolute Gasteiger partial charge is 0.494 e. The minimum Gasteiger partial charge on any atom is -0.494 e. The number of ether oxygens (including phenoxy) is 2. The Balaban J connectivity index is 1.58. The molecule has 1 saturated heterocycles. The van der Waals surface area contributed by atoms with Gasteiger partial charge in [0.05, 0.1) is 18.7 Å². The number of hydrogen-bond acceptors (Lipinski definition) is 5. The molecular formula is C28H35Cl2N3O3. The summed E-state index contributed by atoms with van der Waals surface area (Å²) in [5.41, 5.74) is 4.59. The van der Waals surface area contributed by atoms with Crippen molar-refractivity contribution in [1.82, 2.24) is 14.8 Å². The van der Waals surface area contributed by atoms with Crippen LogP contribution in [0.5, 0.6) is 5.75 Å². The lowest BCUT2D eigenvalue weighted by atomic mass is 10.1. The zero-order valence-corrected chi connectivity index (χ0v) is 22.8. The van der Waals surface area contributed by atoms with Crippen LogP contribution in [0.1, 0.15) is 40.5 Å². The second-order valence-corrected chi connectivity index (χ2v) is 10.1. The lowest BCUT2D eigenvalue weighted by molar-refractivity contribution is 0.0512. The van der Waals surface area contributed by atoms with E-state index in [-0.39, 0.29) is 5.97 Å². The summed E-state index contributed by atoms with van der Waals surface area (Å²) < 4.78 is 13.7. The van der Waals surface area contributed by atoms with Crippen LogP contribution in [-0.4, -0.2) is 61.4 Å². The molecule has 6 nitrogen and oxygen atoms in total. The van der Waals surface area contributed by atoms with Crippen LogP contribution >= 0.6 is 23.2 Å². The first-order valence-corrected chi connectivity index (χ1v) is 13.4.